The van der Waals surface area contributed by atoms with E-state index in [4.69, 9.17) is 5.53 Å². The summed E-state index contributed by atoms with van der Waals surface area (Å²) < 4.78 is 0. The summed E-state index contributed by atoms with van der Waals surface area (Å²) in [5, 5.41) is 2.97. The van der Waals surface area contributed by atoms with E-state index in [9.17, 15) is 0 Å². The minimum atomic E-state index is 0. The van der Waals surface area contributed by atoms with Crippen LogP contribution in [0.15, 0.2) is 35.4 Å². The average Bonchev–Trinajstić information content (AvgIpc) is 1.90. The minimum Gasteiger partial charge on any atom is -0.706 e. The third-order valence-electron chi connectivity index (χ3n) is 0.872. The van der Waals surface area contributed by atoms with Crippen LogP contribution in [-0.2, 0) is 0 Å². The molecule has 0 unspecified atom stereocenters. The van der Waals surface area contributed by atoms with Crippen molar-refractivity contribution in [1.82, 2.24) is 0 Å². The molecule has 3 heteroatoms. The number of rotatable bonds is 1. The maximum Gasteiger partial charge on any atom is 1.00 e. The molecular weight excluding hydrogens is 139 g/mol. The standard InChI is InChI=1S/C6H5N2.K/c7-8-6-4-2-1-3-5-6;/h1-5H;/q-1;+1. The van der Waals surface area contributed by atoms with E-state index in [-0.39, 0.29) is 51.4 Å². The predicted octanol–water partition coefficient (Wildman–Crippen LogP) is -0.656. The van der Waals surface area contributed by atoms with Crippen LogP contribution in [-0.4, -0.2) is 0 Å². The summed E-state index contributed by atoms with van der Waals surface area (Å²) in [4.78, 5) is 0. The van der Waals surface area contributed by atoms with E-state index in [2.05, 4.69) is 5.11 Å². The van der Waals surface area contributed by atoms with Crippen molar-refractivity contribution in [2.75, 3.05) is 0 Å². The van der Waals surface area contributed by atoms with E-state index < -0.39 is 0 Å². The molecule has 0 fully saturated rings. The van der Waals surface area contributed by atoms with E-state index in [1.54, 1.807) is 12.1 Å². The first-order valence-corrected chi connectivity index (χ1v) is 2.33. The molecule has 0 amide bonds. The van der Waals surface area contributed by atoms with Crippen LogP contribution in [0.2, 0.25) is 0 Å². The molecule has 40 valence electrons. The molecule has 0 atom stereocenters. The Hall–Kier alpha value is 0.456. The van der Waals surface area contributed by atoms with Crippen LogP contribution in [0.4, 0.5) is 5.69 Å². The Morgan fingerprint density at radius 3 is 2.00 bits per heavy atom. The number of nitrogens with zero attached hydrogens (tertiary/aromatic N) is 2. The SMILES string of the molecule is [K+].[N-]=Nc1ccccc1. The number of hydrogen-bond acceptors (Lipinski definition) is 1. The third-order valence-corrected chi connectivity index (χ3v) is 0.872. The van der Waals surface area contributed by atoms with Gasteiger partial charge in [-0.2, -0.15) is 0 Å². The van der Waals surface area contributed by atoms with Crippen LogP contribution in [0.3, 0.4) is 0 Å². The normalized spacial score (nSPS) is 7.56. The number of hydrogen-bond donors (Lipinski definition) is 0. The van der Waals surface area contributed by atoms with Crippen molar-refractivity contribution in [2.45, 2.75) is 0 Å². The van der Waals surface area contributed by atoms with E-state index in [0.717, 1.165) is 0 Å². The van der Waals surface area contributed by atoms with Gasteiger partial charge in [0.15, 0.2) is 0 Å². The molecule has 0 bridgehead atoms. The Labute approximate surface area is 96.6 Å². The second kappa shape index (κ2) is 5.26. The van der Waals surface area contributed by atoms with Crippen molar-refractivity contribution >= 4 is 5.69 Å². The van der Waals surface area contributed by atoms with E-state index in [1.165, 1.54) is 0 Å². The topological polar surface area (TPSA) is 34.7 Å². The largest absolute Gasteiger partial charge is 1.00 e. The maximum atomic E-state index is 8.16. The fourth-order valence-corrected chi connectivity index (χ4v) is 0.495. The van der Waals surface area contributed by atoms with Crippen molar-refractivity contribution in [3.8, 4) is 0 Å². The smallest absolute Gasteiger partial charge is 0.706 e. The summed E-state index contributed by atoms with van der Waals surface area (Å²) in [5.41, 5.74) is 8.75. The van der Waals surface area contributed by atoms with Gasteiger partial charge in [-0.05, 0) is 12.1 Å². The van der Waals surface area contributed by atoms with Gasteiger partial charge in [-0.15, -0.1) is 0 Å². The summed E-state index contributed by atoms with van der Waals surface area (Å²) in [6, 6.07) is 8.94. The molecule has 9 heavy (non-hydrogen) atoms. The summed E-state index contributed by atoms with van der Waals surface area (Å²) in [6.07, 6.45) is 0. The fraction of sp³-hybridized carbons (Fsp3) is 0. The molecular formula is C6H5KN2. The molecule has 2 nitrogen and oxygen atoms in total. The van der Waals surface area contributed by atoms with E-state index in [1.807, 2.05) is 18.2 Å². The van der Waals surface area contributed by atoms with Gasteiger partial charge >= 0.3 is 51.4 Å². The number of benzene rings is 1. The van der Waals surface area contributed by atoms with Gasteiger partial charge in [0, 0.05) is 5.69 Å². The predicted molar refractivity (Wildman–Crippen MR) is 31.9 cm³/mol. The first kappa shape index (κ1) is 9.46. The second-order valence-corrected chi connectivity index (χ2v) is 1.44. The molecule has 0 aliphatic heterocycles. The van der Waals surface area contributed by atoms with Gasteiger partial charge in [0.25, 0.3) is 0 Å². The Morgan fingerprint density at radius 2 is 1.67 bits per heavy atom. The Kier molecular flexibility index (Phi) is 5.52. The Morgan fingerprint density at radius 1 is 1.11 bits per heavy atom. The summed E-state index contributed by atoms with van der Waals surface area (Å²) >= 11 is 0. The zero-order valence-corrected chi connectivity index (χ0v) is 8.40. The third kappa shape index (κ3) is 3.22. The molecule has 1 aromatic rings. The zero-order chi connectivity index (χ0) is 5.82. The molecule has 0 saturated carbocycles. The van der Waals surface area contributed by atoms with Crippen molar-refractivity contribution in [2.24, 2.45) is 5.11 Å². The first-order chi connectivity index (χ1) is 3.93. The quantitative estimate of drug-likeness (QED) is 0.370. The fourth-order valence-electron chi connectivity index (χ4n) is 0.495. The van der Waals surface area contributed by atoms with Crippen LogP contribution in [0, 0.1) is 0 Å². The molecule has 1 aromatic carbocycles. The van der Waals surface area contributed by atoms with Crippen molar-refractivity contribution in [3.63, 3.8) is 0 Å². The monoisotopic (exact) mass is 144 g/mol. The van der Waals surface area contributed by atoms with Gasteiger partial charge in [-0.3, -0.25) is 0 Å². The Bertz CT molecular complexity index is 174. The van der Waals surface area contributed by atoms with Gasteiger partial charge in [0.2, 0.25) is 0 Å². The molecule has 0 N–H and O–H groups in total. The van der Waals surface area contributed by atoms with Gasteiger partial charge in [0.05, 0.1) is 0 Å². The summed E-state index contributed by atoms with van der Waals surface area (Å²) in [5.74, 6) is 0. The molecule has 0 aromatic heterocycles. The van der Waals surface area contributed by atoms with Gasteiger partial charge in [-0.1, -0.05) is 18.2 Å². The van der Waals surface area contributed by atoms with Gasteiger partial charge < -0.3 is 10.6 Å². The molecule has 0 aliphatic rings. The van der Waals surface area contributed by atoms with Gasteiger partial charge in [-0.25, -0.2) is 0 Å². The second-order valence-electron chi connectivity index (χ2n) is 1.44. The molecule has 0 heterocycles. The van der Waals surface area contributed by atoms with Crippen molar-refractivity contribution in [3.05, 3.63) is 35.9 Å². The van der Waals surface area contributed by atoms with Crippen molar-refractivity contribution < 1.29 is 51.4 Å². The van der Waals surface area contributed by atoms with Crippen LogP contribution in [0.1, 0.15) is 0 Å². The maximum absolute atomic E-state index is 8.16. The minimum absolute atomic E-state index is 0. The molecule has 0 saturated heterocycles. The molecule has 0 aliphatic carbocycles. The average molecular weight is 144 g/mol. The Balaban J connectivity index is 0.000000640. The summed E-state index contributed by atoms with van der Waals surface area (Å²) in [7, 11) is 0. The van der Waals surface area contributed by atoms with E-state index >= 15 is 0 Å². The van der Waals surface area contributed by atoms with Crippen LogP contribution < -0.4 is 51.4 Å². The molecule has 0 radical (unpaired) electrons. The van der Waals surface area contributed by atoms with Crippen LogP contribution in [0.5, 0.6) is 0 Å². The van der Waals surface area contributed by atoms with Crippen LogP contribution in [0.25, 0.3) is 5.53 Å². The molecule has 1 rings (SSSR count). The van der Waals surface area contributed by atoms with Gasteiger partial charge in [0.1, 0.15) is 0 Å². The summed E-state index contributed by atoms with van der Waals surface area (Å²) in [6.45, 7) is 0. The zero-order valence-electron chi connectivity index (χ0n) is 5.28. The molecule has 0 spiro atoms. The first-order valence-electron chi connectivity index (χ1n) is 2.33. The van der Waals surface area contributed by atoms with E-state index in [0.29, 0.717) is 5.69 Å². The van der Waals surface area contributed by atoms with Crippen LogP contribution >= 0.6 is 0 Å². The van der Waals surface area contributed by atoms with Crippen molar-refractivity contribution in [1.29, 1.82) is 0 Å².